The Hall–Kier alpha value is -2.78. The fourth-order valence-electron chi connectivity index (χ4n) is 3.32. The second-order valence-electron chi connectivity index (χ2n) is 6.78. The van der Waals surface area contributed by atoms with Crippen molar-refractivity contribution in [2.45, 2.75) is 19.5 Å². The van der Waals surface area contributed by atoms with Gasteiger partial charge in [-0.2, -0.15) is 0 Å². The molecule has 2 heterocycles. The van der Waals surface area contributed by atoms with Crippen LogP contribution in [0.5, 0.6) is 0 Å². The van der Waals surface area contributed by atoms with Gasteiger partial charge in [-0.3, -0.25) is 10.1 Å². The number of aromatic nitrogens is 1. The third-order valence-corrected chi connectivity index (χ3v) is 5.78. The van der Waals surface area contributed by atoms with Gasteiger partial charge in [-0.25, -0.2) is 22.5 Å². The van der Waals surface area contributed by atoms with Crippen molar-refractivity contribution in [2.24, 2.45) is 0 Å². The molecule has 0 saturated heterocycles. The molecule has 150 valence electrons. The van der Waals surface area contributed by atoms with Crippen LogP contribution in [-0.4, -0.2) is 17.4 Å². The average molecular weight is 422 g/mol. The number of halogens is 4. The highest BCUT2D eigenvalue weighted by molar-refractivity contribution is 7.15. The number of quaternary nitrogens is 1. The summed E-state index contributed by atoms with van der Waals surface area (Å²) < 4.78 is 53.6. The van der Waals surface area contributed by atoms with Crippen molar-refractivity contribution in [3.05, 3.63) is 81.4 Å². The van der Waals surface area contributed by atoms with Gasteiger partial charge < -0.3 is 4.90 Å². The lowest BCUT2D eigenvalue weighted by Gasteiger charge is -2.22. The number of carbonyl (C=O) groups is 1. The number of benzene rings is 2. The first-order valence-electron chi connectivity index (χ1n) is 8.92. The van der Waals surface area contributed by atoms with Crippen LogP contribution in [-0.2, 0) is 19.5 Å². The molecule has 9 heteroatoms. The molecule has 3 aromatic rings. The van der Waals surface area contributed by atoms with Crippen molar-refractivity contribution in [3.63, 3.8) is 0 Å². The molecule has 1 aliphatic heterocycles. The monoisotopic (exact) mass is 422 g/mol. The van der Waals surface area contributed by atoms with Crippen molar-refractivity contribution in [3.8, 4) is 0 Å². The van der Waals surface area contributed by atoms with Gasteiger partial charge in [-0.05, 0) is 6.07 Å². The van der Waals surface area contributed by atoms with Gasteiger partial charge in [0.2, 0.25) is 0 Å². The van der Waals surface area contributed by atoms with Crippen LogP contribution in [0, 0.1) is 23.3 Å². The SMILES string of the molecule is O=C(Nc1nc2c(s1)C[NH+](Cc1ccccc1)CC2)c1cc(F)c(F)c(F)c1F. The summed E-state index contributed by atoms with van der Waals surface area (Å²) in [4.78, 5) is 18.9. The van der Waals surface area contributed by atoms with Crippen LogP contribution >= 0.6 is 11.3 Å². The van der Waals surface area contributed by atoms with E-state index in [4.69, 9.17) is 0 Å². The molecular weight excluding hydrogens is 406 g/mol. The highest BCUT2D eigenvalue weighted by atomic mass is 32.1. The molecule has 1 atom stereocenters. The van der Waals surface area contributed by atoms with E-state index in [1.54, 1.807) is 0 Å². The van der Waals surface area contributed by atoms with E-state index in [2.05, 4.69) is 22.4 Å². The van der Waals surface area contributed by atoms with Crippen LogP contribution in [0.15, 0.2) is 36.4 Å². The van der Waals surface area contributed by atoms with Crippen LogP contribution in [0.1, 0.15) is 26.5 Å². The number of fused-ring (bicyclic) bond motifs is 1. The Morgan fingerprint density at radius 3 is 2.62 bits per heavy atom. The molecule has 0 radical (unpaired) electrons. The topological polar surface area (TPSA) is 46.4 Å². The molecule has 0 bridgehead atoms. The van der Waals surface area contributed by atoms with Crippen molar-refractivity contribution >= 4 is 22.4 Å². The molecule has 0 aliphatic carbocycles. The Bertz CT molecular complexity index is 1070. The molecule has 0 spiro atoms. The van der Waals surface area contributed by atoms with Crippen molar-refractivity contribution < 1.29 is 27.3 Å². The molecule has 1 aliphatic rings. The van der Waals surface area contributed by atoms with Gasteiger partial charge in [0, 0.05) is 12.0 Å². The Labute approximate surface area is 167 Å². The first-order chi connectivity index (χ1) is 13.9. The quantitative estimate of drug-likeness (QED) is 0.386. The Morgan fingerprint density at radius 1 is 1.10 bits per heavy atom. The Balaban J connectivity index is 1.48. The predicted octanol–water partition coefficient (Wildman–Crippen LogP) is 3.09. The maximum absolute atomic E-state index is 13.8. The van der Waals surface area contributed by atoms with E-state index in [0.717, 1.165) is 36.6 Å². The molecule has 0 fully saturated rings. The summed E-state index contributed by atoms with van der Waals surface area (Å²) in [6.07, 6.45) is 0.720. The second-order valence-corrected chi connectivity index (χ2v) is 7.86. The van der Waals surface area contributed by atoms with E-state index in [1.807, 2.05) is 18.2 Å². The fourth-order valence-corrected chi connectivity index (χ4v) is 4.39. The number of hydrogen-bond donors (Lipinski definition) is 2. The number of hydrogen-bond acceptors (Lipinski definition) is 3. The molecule has 1 amide bonds. The molecule has 2 aromatic carbocycles. The number of thiazole rings is 1. The minimum absolute atomic E-state index is 0.213. The van der Waals surface area contributed by atoms with Gasteiger partial charge in [-0.15, -0.1) is 0 Å². The van der Waals surface area contributed by atoms with Gasteiger partial charge in [-0.1, -0.05) is 41.7 Å². The van der Waals surface area contributed by atoms with Crippen molar-refractivity contribution in [1.29, 1.82) is 0 Å². The predicted molar refractivity (Wildman–Crippen MR) is 99.7 cm³/mol. The van der Waals surface area contributed by atoms with Crippen LogP contribution in [0.3, 0.4) is 0 Å². The highest BCUT2D eigenvalue weighted by Gasteiger charge is 2.26. The summed E-state index contributed by atoms with van der Waals surface area (Å²) in [6.45, 7) is 2.47. The number of amides is 1. The zero-order chi connectivity index (χ0) is 20.5. The zero-order valence-electron chi connectivity index (χ0n) is 15.1. The maximum Gasteiger partial charge on any atom is 0.260 e. The van der Waals surface area contributed by atoms with Gasteiger partial charge >= 0.3 is 0 Å². The number of nitrogens with zero attached hydrogens (tertiary/aromatic N) is 1. The molecule has 29 heavy (non-hydrogen) atoms. The van der Waals surface area contributed by atoms with Crippen molar-refractivity contribution in [1.82, 2.24) is 4.98 Å². The maximum atomic E-state index is 13.8. The number of rotatable bonds is 4. The van der Waals surface area contributed by atoms with Gasteiger partial charge in [0.25, 0.3) is 5.91 Å². The summed E-state index contributed by atoms with van der Waals surface area (Å²) >= 11 is 1.24. The van der Waals surface area contributed by atoms with Gasteiger partial charge in [0.05, 0.1) is 22.7 Å². The normalized spacial score (nSPS) is 15.8. The summed E-state index contributed by atoms with van der Waals surface area (Å²) in [6, 6.07) is 10.4. The largest absolute Gasteiger partial charge is 0.326 e. The molecule has 4 nitrogen and oxygen atoms in total. The van der Waals surface area contributed by atoms with E-state index in [-0.39, 0.29) is 5.13 Å². The van der Waals surface area contributed by atoms with Gasteiger partial charge in [0.15, 0.2) is 28.4 Å². The van der Waals surface area contributed by atoms with E-state index < -0.39 is 34.7 Å². The van der Waals surface area contributed by atoms with Crippen LogP contribution in [0.2, 0.25) is 0 Å². The zero-order valence-corrected chi connectivity index (χ0v) is 15.9. The standard InChI is InChI=1S/C20H15F4N3OS/c21-13-8-12(16(22)18(24)17(13)23)19(28)26-20-25-14-6-7-27(10-15(14)29-20)9-11-4-2-1-3-5-11/h1-5,8H,6-7,9-10H2,(H,25,26,28)/p+1. The van der Waals surface area contributed by atoms with E-state index in [0.29, 0.717) is 6.07 Å². The third kappa shape index (κ3) is 4.01. The van der Waals surface area contributed by atoms with Crippen LogP contribution in [0.25, 0.3) is 0 Å². The molecule has 1 unspecified atom stereocenters. The number of anilines is 1. The minimum Gasteiger partial charge on any atom is -0.326 e. The first-order valence-corrected chi connectivity index (χ1v) is 9.74. The first kappa shape index (κ1) is 19.5. The number of nitrogens with one attached hydrogen (secondary N) is 2. The third-order valence-electron chi connectivity index (χ3n) is 4.77. The summed E-state index contributed by atoms with van der Waals surface area (Å²) in [5.41, 5.74) is 1.16. The lowest BCUT2D eigenvalue weighted by atomic mass is 10.1. The summed E-state index contributed by atoms with van der Waals surface area (Å²) in [5.74, 6) is -8.42. The summed E-state index contributed by atoms with van der Waals surface area (Å²) in [7, 11) is 0. The van der Waals surface area contributed by atoms with Gasteiger partial charge in [0.1, 0.15) is 13.1 Å². The Kier molecular flexibility index (Phi) is 5.33. The van der Waals surface area contributed by atoms with E-state index in [1.165, 1.54) is 21.8 Å². The molecule has 1 aromatic heterocycles. The minimum atomic E-state index is -2.02. The summed E-state index contributed by atoms with van der Waals surface area (Å²) in [5, 5.41) is 2.57. The molecule has 2 N–H and O–H groups in total. The fraction of sp³-hybridized carbons (Fsp3) is 0.200. The lowest BCUT2D eigenvalue weighted by molar-refractivity contribution is -0.929. The molecule has 0 saturated carbocycles. The second kappa shape index (κ2) is 7.92. The average Bonchev–Trinajstić information content (AvgIpc) is 3.11. The van der Waals surface area contributed by atoms with Crippen LogP contribution in [0.4, 0.5) is 22.7 Å². The smallest absolute Gasteiger partial charge is 0.260 e. The Morgan fingerprint density at radius 2 is 1.86 bits per heavy atom. The van der Waals surface area contributed by atoms with Crippen molar-refractivity contribution in [2.75, 3.05) is 11.9 Å². The number of carbonyl (C=O) groups excluding carboxylic acids is 1. The molecular formula is C20H16F4N3OS+. The van der Waals surface area contributed by atoms with E-state index in [9.17, 15) is 22.4 Å². The lowest BCUT2D eigenvalue weighted by Crippen LogP contribution is -3.10. The van der Waals surface area contributed by atoms with E-state index >= 15 is 0 Å². The van der Waals surface area contributed by atoms with Crippen LogP contribution < -0.4 is 10.2 Å². The molecule has 4 rings (SSSR count). The highest BCUT2D eigenvalue weighted by Crippen LogP contribution is 2.26.